The Bertz CT molecular complexity index is 33.9. The standard InChI is InChI=1S/C5H12O.C2H6O/c1-3-5(2)4-6;1-2-3/h5-6H,3-4H2,1-2H3;3H,2H2,1H3/t5-;/m0./s1. The van der Waals surface area contributed by atoms with E-state index in [0.717, 1.165) is 6.42 Å². The van der Waals surface area contributed by atoms with Crippen molar-refractivity contribution in [3.63, 3.8) is 0 Å². The van der Waals surface area contributed by atoms with E-state index in [9.17, 15) is 0 Å². The van der Waals surface area contributed by atoms with Crippen LogP contribution in [0.1, 0.15) is 27.2 Å². The first-order chi connectivity index (χ1) is 4.22. The fraction of sp³-hybridized carbons (Fsp3) is 1.00. The minimum atomic E-state index is 0.250. The van der Waals surface area contributed by atoms with Gasteiger partial charge in [0.15, 0.2) is 0 Å². The van der Waals surface area contributed by atoms with Gasteiger partial charge in [0.2, 0.25) is 0 Å². The van der Waals surface area contributed by atoms with Crippen molar-refractivity contribution in [2.24, 2.45) is 5.92 Å². The number of hydrogen-bond donors (Lipinski definition) is 2. The molecule has 0 amide bonds. The van der Waals surface area contributed by atoms with Gasteiger partial charge in [-0.1, -0.05) is 20.3 Å². The van der Waals surface area contributed by atoms with E-state index < -0.39 is 0 Å². The van der Waals surface area contributed by atoms with Crippen molar-refractivity contribution in [2.75, 3.05) is 13.2 Å². The van der Waals surface area contributed by atoms with Crippen LogP contribution in [-0.2, 0) is 0 Å². The predicted octanol–water partition coefficient (Wildman–Crippen LogP) is 1.02. The highest BCUT2D eigenvalue weighted by atomic mass is 16.3. The molecule has 1 atom stereocenters. The molecule has 0 aliphatic rings. The van der Waals surface area contributed by atoms with Gasteiger partial charge >= 0.3 is 0 Å². The van der Waals surface area contributed by atoms with Crippen LogP contribution in [0, 0.1) is 5.92 Å². The van der Waals surface area contributed by atoms with E-state index in [1.165, 1.54) is 0 Å². The van der Waals surface area contributed by atoms with Crippen LogP contribution >= 0.6 is 0 Å². The summed E-state index contributed by atoms with van der Waals surface area (Å²) in [4.78, 5) is 0. The van der Waals surface area contributed by atoms with Gasteiger partial charge in [0.25, 0.3) is 0 Å². The lowest BCUT2D eigenvalue weighted by atomic mass is 10.1. The summed E-state index contributed by atoms with van der Waals surface area (Å²) in [5.41, 5.74) is 0. The quantitative estimate of drug-likeness (QED) is 0.592. The summed E-state index contributed by atoms with van der Waals surface area (Å²) in [7, 11) is 0. The molecule has 0 fully saturated rings. The maximum absolute atomic E-state index is 8.33. The monoisotopic (exact) mass is 134 g/mol. The van der Waals surface area contributed by atoms with Gasteiger partial charge in [0.1, 0.15) is 0 Å². The second-order valence-electron chi connectivity index (χ2n) is 2.01. The van der Waals surface area contributed by atoms with E-state index in [4.69, 9.17) is 10.2 Å². The average Bonchev–Trinajstić information content (AvgIpc) is 1.88. The summed E-state index contributed by atoms with van der Waals surface area (Å²) in [6.07, 6.45) is 1.08. The van der Waals surface area contributed by atoms with Crippen LogP contribution in [0.2, 0.25) is 0 Å². The lowest BCUT2D eigenvalue weighted by Crippen LogP contribution is -1.96. The molecule has 0 aromatic heterocycles. The third-order valence-electron chi connectivity index (χ3n) is 1.01. The summed E-state index contributed by atoms with van der Waals surface area (Å²) < 4.78 is 0. The van der Waals surface area contributed by atoms with E-state index in [1.807, 2.05) is 6.92 Å². The molecule has 0 heterocycles. The topological polar surface area (TPSA) is 40.5 Å². The molecule has 0 aromatic carbocycles. The van der Waals surface area contributed by atoms with Crippen molar-refractivity contribution < 1.29 is 10.2 Å². The van der Waals surface area contributed by atoms with Gasteiger partial charge in [0, 0.05) is 13.2 Å². The zero-order valence-corrected chi connectivity index (χ0v) is 6.59. The third-order valence-corrected chi connectivity index (χ3v) is 1.01. The van der Waals surface area contributed by atoms with Gasteiger partial charge in [-0.3, -0.25) is 0 Å². The number of hydrogen-bond acceptors (Lipinski definition) is 2. The lowest BCUT2D eigenvalue weighted by molar-refractivity contribution is 0.234. The van der Waals surface area contributed by atoms with Gasteiger partial charge in [-0.2, -0.15) is 0 Å². The minimum absolute atomic E-state index is 0.250. The van der Waals surface area contributed by atoms with E-state index in [-0.39, 0.29) is 6.61 Å². The summed E-state index contributed by atoms with van der Waals surface area (Å²) in [5, 5.41) is 15.9. The molecule has 58 valence electrons. The molecule has 0 aliphatic heterocycles. The van der Waals surface area contributed by atoms with Crippen LogP contribution in [0.5, 0.6) is 0 Å². The lowest BCUT2D eigenvalue weighted by Gasteiger charge is -1.98. The highest BCUT2D eigenvalue weighted by Gasteiger charge is 1.90. The van der Waals surface area contributed by atoms with Gasteiger partial charge < -0.3 is 10.2 Å². The van der Waals surface area contributed by atoms with E-state index in [1.54, 1.807) is 6.92 Å². The third kappa shape index (κ3) is 18.1. The molecule has 0 unspecified atom stereocenters. The Labute approximate surface area is 57.5 Å². The Morgan fingerprint density at radius 3 is 1.56 bits per heavy atom. The maximum atomic E-state index is 8.33. The minimum Gasteiger partial charge on any atom is -0.397 e. The molecule has 0 bridgehead atoms. The van der Waals surface area contributed by atoms with Gasteiger partial charge in [-0.15, -0.1) is 0 Å². The number of aliphatic hydroxyl groups is 2. The van der Waals surface area contributed by atoms with E-state index in [0.29, 0.717) is 12.5 Å². The highest BCUT2D eigenvalue weighted by molar-refractivity contribution is 4.41. The molecular weight excluding hydrogens is 116 g/mol. The zero-order valence-electron chi connectivity index (χ0n) is 6.59. The molecule has 9 heavy (non-hydrogen) atoms. The average molecular weight is 134 g/mol. The van der Waals surface area contributed by atoms with Crippen molar-refractivity contribution in [3.05, 3.63) is 0 Å². The highest BCUT2D eigenvalue weighted by Crippen LogP contribution is 1.95. The van der Waals surface area contributed by atoms with Gasteiger partial charge in [-0.25, -0.2) is 0 Å². The predicted molar refractivity (Wildman–Crippen MR) is 39.3 cm³/mol. The Kier molecular flexibility index (Phi) is 14.0. The fourth-order valence-corrected chi connectivity index (χ4v) is 0.129. The zero-order chi connectivity index (χ0) is 7.70. The fourth-order valence-electron chi connectivity index (χ4n) is 0.129. The largest absolute Gasteiger partial charge is 0.397 e. The SMILES string of the molecule is CCO.CC[C@H](C)CO. The molecule has 0 saturated heterocycles. The van der Waals surface area contributed by atoms with Crippen molar-refractivity contribution in [3.8, 4) is 0 Å². The van der Waals surface area contributed by atoms with Crippen LogP contribution in [0.4, 0.5) is 0 Å². The van der Waals surface area contributed by atoms with E-state index >= 15 is 0 Å². The van der Waals surface area contributed by atoms with Gasteiger partial charge in [-0.05, 0) is 12.8 Å². The smallest absolute Gasteiger partial charge is 0.0456 e. The second-order valence-corrected chi connectivity index (χ2v) is 2.01. The van der Waals surface area contributed by atoms with Crippen LogP contribution in [0.25, 0.3) is 0 Å². The van der Waals surface area contributed by atoms with Crippen molar-refractivity contribution in [1.82, 2.24) is 0 Å². The summed E-state index contributed by atoms with van der Waals surface area (Å²) in [5.74, 6) is 0.491. The molecule has 0 rings (SSSR count). The molecular formula is C7H18O2. The number of rotatable bonds is 2. The molecule has 0 aromatic rings. The van der Waals surface area contributed by atoms with Crippen LogP contribution in [0.15, 0.2) is 0 Å². The molecule has 0 aliphatic carbocycles. The number of aliphatic hydroxyl groups excluding tert-OH is 2. The molecule has 0 radical (unpaired) electrons. The van der Waals surface area contributed by atoms with Crippen molar-refractivity contribution >= 4 is 0 Å². The Hall–Kier alpha value is -0.0800. The molecule has 2 heteroatoms. The summed E-state index contributed by atoms with van der Waals surface area (Å²) in [6.45, 7) is 6.36. The Morgan fingerprint density at radius 1 is 1.22 bits per heavy atom. The molecule has 2 nitrogen and oxygen atoms in total. The van der Waals surface area contributed by atoms with E-state index in [2.05, 4.69) is 6.92 Å². The summed E-state index contributed by atoms with van der Waals surface area (Å²) >= 11 is 0. The molecule has 0 spiro atoms. The first-order valence-electron chi connectivity index (χ1n) is 3.44. The maximum Gasteiger partial charge on any atom is 0.0456 e. The van der Waals surface area contributed by atoms with Crippen LogP contribution in [-0.4, -0.2) is 23.4 Å². The van der Waals surface area contributed by atoms with Crippen LogP contribution in [0.3, 0.4) is 0 Å². The second kappa shape index (κ2) is 10.8. The Morgan fingerprint density at radius 2 is 1.56 bits per heavy atom. The molecule has 0 saturated carbocycles. The normalized spacial score (nSPS) is 11.7. The molecule has 2 N–H and O–H groups in total. The van der Waals surface area contributed by atoms with Crippen molar-refractivity contribution in [2.45, 2.75) is 27.2 Å². The summed E-state index contributed by atoms with van der Waals surface area (Å²) in [6, 6.07) is 0. The van der Waals surface area contributed by atoms with Crippen LogP contribution < -0.4 is 0 Å². The van der Waals surface area contributed by atoms with Gasteiger partial charge in [0.05, 0.1) is 0 Å². The first-order valence-corrected chi connectivity index (χ1v) is 3.44. The van der Waals surface area contributed by atoms with Crippen molar-refractivity contribution in [1.29, 1.82) is 0 Å². The Balaban J connectivity index is 0. The first kappa shape index (κ1) is 11.7.